The zero-order valence-corrected chi connectivity index (χ0v) is 16.0. The standard InChI is InChI=1S/C10H18O3.C9H16O4/c1-4-6-8-10(12-3)9(11)7(5-2)13-8;1-3-4-6-9(12-2)8(11)7(5-10)13-6/h4,7-11H,1,5-6H2,2-3H3;3,6-11H,1,4-5H2,2H3. The van der Waals surface area contributed by atoms with Gasteiger partial charge in [0.25, 0.3) is 0 Å². The maximum atomic E-state index is 9.76. The summed E-state index contributed by atoms with van der Waals surface area (Å²) in [6.45, 7) is 9.05. The molecule has 2 rings (SSSR count). The Morgan fingerprint density at radius 2 is 1.27 bits per heavy atom. The molecule has 26 heavy (non-hydrogen) atoms. The minimum Gasteiger partial charge on any atom is -0.394 e. The molecule has 0 radical (unpaired) electrons. The Kier molecular flexibility index (Phi) is 10.6. The predicted molar refractivity (Wildman–Crippen MR) is 97.9 cm³/mol. The Hall–Kier alpha value is -0.800. The van der Waals surface area contributed by atoms with Crippen molar-refractivity contribution < 1.29 is 34.3 Å². The molecule has 0 aromatic rings. The molecule has 0 aromatic heterocycles. The number of hydrogen-bond acceptors (Lipinski definition) is 7. The van der Waals surface area contributed by atoms with E-state index in [1.807, 2.05) is 6.92 Å². The predicted octanol–water partition coefficient (Wildman–Crippen LogP) is 0.814. The molecule has 8 unspecified atom stereocenters. The van der Waals surface area contributed by atoms with E-state index in [0.717, 1.165) is 12.8 Å². The van der Waals surface area contributed by atoms with Gasteiger partial charge in [-0.15, -0.1) is 13.2 Å². The fourth-order valence-electron chi connectivity index (χ4n) is 3.41. The summed E-state index contributed by atoms with van der Waals surface area (Å²) in [7, 11) is 3.12. The fourth-order valence-corrected chi connectivity index (χ4v) is 3.41. The molecule has 3 N–H and O–H groups in total. The third-order valence-corrected chi connectivity index (χ3v) is 4.79. The topological polar surface area (TPSA) is 97.6 Å². The van der Waals surface area contributed by atoms with Crippen LogP contribution in [0, 0.1) is 0 Å². The van der Waals surface area contributed by atoms with Crippen molar-refractivity contribution in [3.05, 3.63) is 25.3 Å². The van der Waals surface area contributed by atoms with Gasteiger partial charge in [0.15, 0.2) is 0 Å². The van der Waals surface area contributed by atoms with Gasteiger partial charge >= 0.3 is 0 Å². The summed E-state index contributed by atoms with van der Waals surface area (Å²) in [6.07, 6.45) is 2.98. The highest BCUT2D eigenvalue weighted by molar-refractivity contribution is 4.94. The van der Waals surface area contributed by atoms with Gasteiger partial charge in [-0.1, -0.05) is 19.1 Å². The molecule has 2 aliphatic rings. The van der Waals surface area contributed by atoms with Gasteiger partial charge in [0.05, 0.1) is 24.9 Å². The molecule has 2 fully saturated rings. The van der Waals surface area contributed by atoms with Crippen LogP contribution in [0.5, 0.6) is 0 Å². The number of ether oxygens (including phenoxy) is 4. The molecule has 0 spiro atoms. The van der Waals surface area contributed by atoms with E-state index < -0.39 is 18.3 Å². The van der Waals surface area contributed by atoms with Crippen LogP contribution < -0.4 is 0 Å². The largest absolute Gasteiger partial charge is 0.394 e. The number of aliphatic hydroxyl groups is 3. The van der Waals surface area contributed by atoms with E-state index in [4.69, 9.17) is 24.1 Å². The Labute approximate surface area is 156 Å². The van der Waals surface area contributed by atoms with Crippen molar-refractivity contribution >= 4 is 0 Å². The molecule has 2 saturated heterocycles. The van der Waals surface area contributed by atoms with E-state index in [1.165, 1.54) is 7.11 Å². The fraction of sp³-hybridized carbons (Fsp3) is 0.789. The number of methoxy groups -OCH3 is 2. The highest BCUT2D eigenvalue weighted by Gasteiger charge is 2.43. The summed E-state index contributed by atoms with van der Waals surface area (Å²) >= 11 is 0. The Morgan fingerprint density at radius 3 is 1.62 bits per heavy atom. The Bertz CT molecular complexity index is 379. The highest BCUT2D eigenvalue weighted by Crippen LogP contribution is 2.27. The van der Waals surface area contributed by atoms with Crippen LogP contribution in [0.3, 0.4) is 0 Å². The molecule has 152 valence electrons. The van der Waals surface area contributed by atoms with Crippen molar-refractivity contribution in [3.63, 3.8) is 0 Å². The molecule has 0 aliphatic carbocycles. The quantitative estimate of drug-likeness (QED) is 0.541. The summed E-state index contributed by atoms with van der Waals surface area (Å²) < 4.78 is 21.3. The van der Waals surface area contributed by atoms with Gasteiger partial charge in [0, 0.05) is 14.2 Å². The van der Waals surface area contributed by atoms with Crippen molar-refractivity contribution in [1.82, 2.24) is 0 Å². The second kappa shape index (κ2) is 11.8. The van der Waals surface area contributed by atoms with Gasteiger partial charge in [-0.05, 0) is 19.3 Å². The van der Waals surface area contributed by atoms with Crippen LogP contribution in [0.15, 0.2) is 25.3 Å². The van der Waals surface area contributed by atoms with Crippen LogP contribution in [-0.2, 0) is 18.9 Å². The normalized spacial score (nSPS) is 39.3. The van der Waals surface area contributed by atoms with Crippen LogP contribution >= 0.6 is 0 Å². The highest BCUT2D eigenvalue weighted by atomic mass is 16.6. The Balaban J connectivity index is 0.000000260. The molecule has 7 nitrogen and oxygen atoms in total. The maximum absolute atomic E-state index is 9.76. The van der Waals surface area contributed by atoms with E-state index in [9.17, 15) is 10.2 Å². The van der Waals surface area contributed by atoms with Crippen molar-refractivity contribution in [2.75, 3.05) is 20.8 Å². The second-order valence-electron chi connectivity index (χ2n) is 6.45. The third-order valence-electron chi connectivity index (χ3n) is 4.79. The first-order valence-corrected chi connectivity index (χ1v) is 9.04. The van der Waals surface area contributed by atoms with Gasteiger partial charge in [0.2, 0.25) is 0 Å². The third kappa shape index (κ3) is 5.60. The monoisotopic (exact) mass is 374 g/mol. The molecule has 0 bridgehead atoms. The van der Waals surface area contributed by atoms with Crippen LogP contribution in [0.2, 0.25) is 0 Å². The molecule has 0 saturated carbocycles. The van der Waals surface area contributed by atoms with E-state index >= 15 is 0 Å². The van der Waals surface area contributed by atoms with Crippen LogP contribution in [0.25, 0.3) is 0 Å². The van der Waals surface area contributed by atoms with E-state index in [0.29, 0.717) is 6.42 Å². The molecule has 2 heterocycles. The first-order chi connectivity index (χ1) is 12.5. The molecular weight excluding hydrogens is 340 g/mol. The Morgan fingerprint density at radius 1 is 0.846 bits per heavy atom. The van der Waals surface area contributed by atoms with Crippen molar-refractivity contribution in [3.8, 4) is 0 Å². The van der Waals surface area contributed by atoms with Crippen molar-refractivity contribution in [1.29, 1.82) is 0 Å². The van der Waals surface area contributed by atoms with Gasteiger partial charge in [0.1, 0.15) is 30.5 Å². The van der Waals surface area contributed by atoms with Gasteiger partial charge in [-0.25, -0.2) is 0 Å². The minimum absolute atomic E-state index is 0.0394. The maximum Gasteiger partial charge on any atom is 0.112 e. The first-order valence-electron chi connectivity index (χ1n) is 9.04. The number of hydrogen-bond donors (Lipinski definition) is 3. The van der Waals surface area contributed by atoms with Gasteiger partial charge < -0.3 is 34.3 Å². The van der Waals surface area contributed by atoms with Crippen LogP contribution in [0.4, 0.5) is 0 Å². The molecule has 0 aromatic carbocycles. The lowest BCUT2D eigenvalue weighted by atomic mass is 10.0. The van der Waals surface area contributed by atoms with E-state index in [2.05, 4.69) is 13.2 Å². The second-order valence-corrected chi connectivity index (χ2v) is 6.45. The average molecular weight is 374 g/mol. The zero-order valence-electron chi connectivity index (χ0n) is 16.0. The molecule has 8 atom stereocenters. The van der Waals surface area contributed by atoms with Crippen LogP contribution in [0.1, 0.15) is 26.2 Å². The van der Waals surface area contributed by atoms with Crippen molar-refractivity contribution in [2.24, 2.45) is 0 Å². The molecule has 7 heteroatoms. The summed E-state index contributed by atoms with van der Waals surface area (Å²) in [5, 5.41) is 28.2. The lowest BCUT2D eigenvalue weighted by Crippen LogP contribution is -2.35. The SMILES string of the molecule is C=CCC1OC(CC)C(O)C1OC.C=CCC1OC(CO)C(O)C1OC. The lowest BCUT2D eigenvalue weighted by molar-refractivity contribution is -0.0210. The van der Waals surface area contributed by atoms with Crippen molar-refractivity contribution in [2.45, 2.75) is 75.0 Å². The van der Waals surface area contributed by atoms with Crippen LogP contribution in [-0.4, -0.2) is 85.0 Å². The zero-order chi connectivity index (χ0) is 19.7. The summed E-state index contributed by atoms with van der Waals surface area (Å²) in [4.78, 5) is 0. The van der Waals surface area contributed by atoms with Gasteiger partial charge in [-0.2, -0.15) is 0 Å². The minimum atomic E-state index is -0.750. The summed E-state index contributed by atoms with van der Waals surface area (Å²) in [5.74, 6) is 0. The lowest BCUT2D eigenvalue weighted by Gasteiger charge is -2.17. The molecule has 2 aliphatic heterocycles. The summed E-state index contributed by atoms with van der Waals surface area (Å²) in [6, 6.07) is 0. The van der Waals surface area contributed by atoms with E-state index in [1.54, 1.807) is 19.3 Å². The average Bonchev–Trinajstić information content (AvgIpc) is 3.11. The number of aliphatic hydroxyl groups excluding tert-OH is 3. The first kappa shape index (κ1) is 23.2. The molecule has 0 amide bonds. The van der Waals surface area contributed by atoms with Gasteiger partial charge in [-0.3, -0.25) is 0 Å². The summed E-state index contributed by atoms with van der Waals surface area (Å²) in [5.41, 5.74) is 0. The van der Waals surface area contributed by atoms with E-state index in [-0.39, 0.29) is 37.1 Å². The smallest absolute Gasteiger partial charge is 0.112 e. The number of rotatable bonds is 8. The molecular formula is C19H34O7.